The lowest BCUT2D eigenvalue weighted by atomic mass is 10.1. The third-order valence-corrected chi connectivity index (χ3v) is 6.66. The van der Waals surface area contributed by atoms with E-state index in [1.54, 1.807) is 12.4 Å². The second-order valence-electron chi connectivity index (χ2n) is 8.69. The normalized spacial score (nSPS) is 15.0. The van der Waals surface area contributed by atoms with Gasteiger partial charge in [-0.15, -0.1) is 0 Å². The van der Waals surface area contributed by atoms with Crippen LogP contribution in [0.2, 0.25) is 0 Å². The molecule has 0 unspecified atom stereocenters. The first-order chi connectivity index (χ1) is 16.8. The minimum absolute atomic E-state index is 0.208. The fraction of sp³-hybridized carbons (Fsp3) is 0.192. The Hall–Kier alpha value is -3.82. The highest BCUT2D eigenvalue weighted by Crippen LogP contribution is 2.34. The average molecular weight is 487 g/mol. The SMILES string of the molecule is Cc1cnc(Nc2ccc(-c3cccnc3)cc2)nc1Nc1ccc2c(c1)[C@H](NS(C)(=O)=O)CC2. The van der Waals surface area contributed by atoms with Gasteiger partial charge in [-0.2, -0.15) is 4.98 Å². The summed E-state index contributed by atoms with van der Waals surface area (Å²) in [6, 6.07) is 17.8. The maximum atomic E-state index is 11.7. The molecule has 2 aromatic heterocycles. The molecule has 1 aliphatic rings. The number of hydrogen-bond donors (Lipinski definition) is 3. The highest BCUT2D eigenvalue weighted by atomic mass is 32.2. The van der Waals surface area contributed by atoms with E-state index in [-0.39, 0.29) is 6.04 Å². The van der Waals surface area contributed by atoms with E-state index in [0.717, 1.165) is 52.0 Å². The van der Waals surface area contributed by atoms with Gasteiger partial charge in [0.25, 0.3) is 0 Å². The molecule has 1 atom stereocenters. The van der Waals surface area contributed by atoms with E-state index in [2.05, 4.69) is 30.3 Å². The smallest absolute Gasteiger partial charge is 0.229 e. The van der Waals surface area contributed by atoms with Gasteiger partial charge in [-0.25, -0.2) is 18.1 Å². The predicted molar refractivity (Wildman–Crippen MR) is 138 cm³/mol. The molecule has 4 aromatic rings. The van der Waals surface area contributed by atoms with Crippen LogP contribution in [-0.2, 0) is 16.4 Å². The summed E-state index contributed by atoms with van der Waals surface area (Å²) in [7, 11) is -3.29. The molecule has 178 valence electrons. The number of aromatic nitrogens is 3. The summed E-state index contributed by atoms with van der Waals surface area (Å²) in [5, 5.41) is 6.62. The van der Waals surface area contributed by atoms with Crippen LogP contribution in [0.1, 0.15) is 29.2 Å². The summed E-state index contributed by atoms with van der Waals surface area (Å²) < 4.78 is 26.2. The molecular weight excluding hydrogens is 460 g/mol. The topological polar surface area (TPSA) is 109 Å². The highest BCUT2D eigenvalue weighted by Gasteiger charge is 2.25. The zero-order valence-electron chi connectivity index (χ0n) is 19.5. The Labute approximate surface area is 204 Å². The minimum Gasteiger partial charge on any atom is -0.340 e. The Morgan fingerprint density at radius 3 is 2.49 bits per heavy atom. The van der Waals surface area contributed by atoms with Gasteiger partial charge in [-0.1, -0.05) is 24.3 Å². The van der Waals surface area contributed by atoms with Crippen molar-refractivity contribution in [3.8, 4) is 11.1 Å². The largest absolute Gasteiger partial charge is 0.340 e. The molecule has 5 rings (SSSR count). The molecule has 0 amide bonds. The van der Waals surface area contributed by atoms with Crippen LogP contribution in [-0.4, -0.2) is 29.6 Å². The number of hydrogen-bond acceptors (Lipinski definition) is 7. The van der Waals surface area contributed by atoms with Gasteiger partial charge < -0.3 is 10.6 Å². The summed E-state index contributed by atoms with van der Waals surface area (Å²) in [6.07, 6.45) is 8.16. The summed E-state index contributed by atoms with van der Waals surface area (Å²) in [5.74, 6) is 1.16. The summed E-state index contributed by atoms with van der Waals surface area (Å²) in [5.41, 5.74) is 6.91. The number of aryl methyl sites for hydroxylation is 2. The van der Waals surface area contributed by atoms with Crippen LogP contribution in [0.5, 0.6) is 0 Å². The van der Waals surface area contributed by atoms with E-state index in [4.69, 9.17) is 0 Å². The molecule has 0 radical (unpaired) electrons. The molecule has 9 heteroatoms. The summed E-state index contributed by atoms with van der Waals surface area (Å²) in [6.45, 7) is 1.94. The van der Waals surface area contributed by atoms with Crippen LogP contribution in [0, 0.1) is 6.92 Å². The molecule has 2 heterocycles. The monoisotopic (exact) mass is 486 g/mol. The highest BCUT2D eigenvalue weighted by molar-refractivity contribution is 7.88. The average Bonchev–Trinajstić information content (AvgIpc) is 3.23. The summed E-state index contributed by atoms with van der Waals surface area (Å²) >= 11 is 0. The molecule has 3 N–H and O–H groups in total. The molecule has 2 aromatic carbocycles. The lowest BCUT2D eigenvalue weighted by Crippen LogP contribution is -2.25. The lowest BCUT2D eigenvalue weighted by Gasteiger charge is -2.15. The van der Waals surface area contributed by atoms with E-state index >= 15 is 0 Å². The van der Waals surface area contributed by atoms with Gasteiger partial charge in [0.2, 0.25) is 16.0 Å². The van der Waals surface area contributed by atoms with Gasteiger partial charge in [0.1, 0.15) is 5.82 Å². The van der Waals surface area contributed by atoms with Crippen molar-refractivity contribution in [3.63, 3.8) is 0 Å². The Morgan fingerprint density at radius 2 is 1.74 bits per heavy atom. The third-order valence-electron chi connectivity index (χ3n) is 5.95. The molecule has 8 nitrogen and oxygen atoms in total. The quantitative estimate of drug-likeness (QED) is 0.342. The molecule has 0 spiro atoms. The molecule has 0 fully saturated rings. The van der Waals surface area contributed by atoms with Crippen molar-refractivity contribution in [2.24, 2.45) is 0 Å². The number of pyridine rings is 1. The van der Waals surface area contributed by atoms with E-state index in [1.807, 2.05) is 67.7 Å². The van der Waals surface area contributed by atoms with Crippen molar-refractivity contribution in [1.29, 1.82) is 0 Å². The maximum absolute atomic E-state index is 11.7. The number of fused-ring (bicyclic) bond motifs is 1. The van der Waals surface area contributed by atoms with Gasteiger partial charge in [0.05, 0.1) is 6.26 Å². The van der Waals surface area contributed by atoms with E-state index in [9.17, 15) is 8.42 Å². The van der Waals surface area contributed by atoms with Crippen LogP contribution in [0.25, 0.3) is 11.1 Å². The van der Waals surface area contributed by atoms with Gasteiger partial charge in [-0.3, -0.25) is 4.98 Å². The zero-order chi connectivity index (χ0) is 24.4. The van der Waals surface area contributed by atoms with Crippen LogP contribution >= 0.6 is 0 Å². The second-order valence-corrected chi connectivity index (χ2v) is 10.5. The third kappa shape index (κ3) is 5.47. The van der Waals surface area contributed by atoms with Crippen molar-refractivity contribution in [2.75, 3.05) is 16.9 Å². The predicted octanol–water partition coefficient (Wildman–Crippen LogP) is 4.87. The number of nitrogens with zero attached hydrogens (tertiary/aromatic N) is 3. The Balaban J connectivity index is 1.33. The van der Waals surface area contributed by atoms with Crippen molar-refractivity contribution in [1.82, 2.24) is 19.7 Å². The molecular formula is C26H26N6O2S. The molecule has 0 aliphatic heterocycles. The molecule has 0 saturated carbocycles. The van der Waals surface area contributed by atoms with Crippen LogP contribution in [0.3, 0.4) is 0 Å². The molecule has 35 heavy (non-hydrogen) atoms. The first kappa shape index (κ1) is 22.9. The fourth-order valence-electron chi connectivity index (χ4n) is 4.24. The zero-order valence-corrected chi connectivity index (χ0v) is 20.3. The van der Waals surface area contributed by atoms with Gasteiger partial charge in [0.15, 0.2) is 0 Å². The van der Waals surface area contributed by atoms with Crippen LogP contribution in [0.15, 0.2) is 73.2 Å². The standard InChI is InChI=1S/C26H26N6O2S/c1-17-15-28-26(30-21-9-5-18(6-10-21)20-4-3-13-27-16-20)31-25(17)29-22-11-7-19-8-12-24(23(19)14-22)32-35(2,33)34/h3-7,9-11,13-16,24,32H,8,12H2,1-2H3,(H2,28,29,30,31)/t24-/m1/s1. The number of nitrogens with one attached hydrogen (secondary N) is 3. The van der Waals surface area contributed by atoms with Crippen molar-refractivity contribution in [2.45, 2.75) is 25.8 Å². The molecule has 1 aliphatic carbocycles. The van der Waals surface area contributed by atoms with Crippen molar-refractivity contribution in [3.05, 3.63) is 89.9 Å². The number of sulfonamides is 1. The first-order valence-electron chi connectivity index (χ1n) is 11.3. The Morgan fingerprint density at radius 1 is 0.943 bits per heavy atom. The minimum atomic E-state index is -3.29. The number of anilines is 4. The Bertz CT molecular complexity index is 1460. The van der Waals surface area contributed by atoms with E-state index < -0.39 is 10.0 Å². The van der Waals surface area contributed by atoms with Gasteiger partial charge >= 0.3 is 0 Å². The summed E-state index contributed by atoms with van der Waals surface area (Å²) in [4.78, 5) is 13.2. The van der Waals surface area contributed by atoms with Gasteiger partial charge in [-0.05, 0) is 72.4 Å². The lowest BCUT2D eigenvalue weighted by molar-refractivity contribution is 0.560. The van der Waals surface area contributed by atoms with Crippen molar-refractivity contribution < 1.29 is 8.42 Å². The molecule has 0 saturated heterocycles. The van der Waals surface area contributed by atoms with Crippen LogP contribution < -0.4 is 15.4 Å². The van der Waals surface area contributed by atoms with E-state index in [0.29, 0.717) is 11.8 Å². The number of rotatable bonds is 7. The second kappa shape index (κ2) is 9.44. The first-order valence-corrected chi connectivity index (χ1v) is 13.2. The fourth-order valence-corrected chi connectivity index (χ4v) is 5.00. The molecule has 0 bridgehead atoms. The van der Waals surface area contributed by atoms with Crippen molar-refractivity contribution >= 4 is 33.2 Å². The number of benzene rings is 2. The maximum Gasteiger partial charge on any atom is 0.229 e. The Kier molecular flexibility index (Phi) is 6.19. The van der Waals surface area contributed by atoms with E-state index in [1.165, 1.54) is 6.26 Å². The van der Waals surface area contributed by atoms with Gasteiger partial charge in [0, 0.05) is 41.6 Å². The van der Waals surface area contributed by atoms with Crippen LogP contribution in [0.4, 0.5) is 23.1 Å².